The van der Waals surface area contributed by atoms with Gasteiger partial charge >= 0.3 is 5.97 Å². The molecule has 0 heterocycles. The number of anilines is 1. The van der Waals surface area contributed by atoms with Crippen LogP contribution in [0.1, 0.15) is 31.7 Å². The number of amides is 1. The Morgan fingerprint density at radius 2 is 2.05 bits per heavy atom. The fourth-order valence-electron chi connectivity index (χ4n) is 2.60. The van der Waals surface area contributed by atoms with Gasteiger partial charge in [0.05, 0.1) is 18.2 Å². The average Bonchev–Trinajstić information content (AvgIpc) is 2.30. The second-order valence-electron chi connectivity index (χ2n) is 4.92. The fourth-order valence-corrected chi connectivity index (χ4v) is 2.94. The van der Waals surface area contributed by atoms with E-state index in [-0.39, 0.29) is 5.91 Å². The zero-order valence-electron chi connectivity index (χ0n) is 11.3. The van der Waals surface area contributed by atoms with Crippen molar-refractivity contribution in [2.75, 3.05) is 12.4 Å². The van der Waals surface area contributed by atoms with Crippen molar-refractivity contribution in [2.45, 2.75) is 31.6 Å². The molecule has 1 aromatic carbocycles. The van der Waals surface area contributed by atoms with Gasteiger partial charge in [-0.05, 0) is 25.0 Å². The quantitative estimate of drug-likeness (QED) is 0.896. The number of hydrogen-bond acceptors (Lipinski definition) is 3. The predicted octanol–water partition coefficient (Wildman–Crippen LogP) is 2.81. The lowest BCUT2D eigenvalue weighted by molar-refractivity contribution is -0.147. The summed E-state index contributed by atoms with van der Waals surface area (Å²) in [6, 6.07) is 3.22. The molecule has 2 rings (SSSR count). The lowest BCUT2D eigenvalue weighted by Crippen LogP contribution is -2.43. The van der Waals surface area contributed by atoms with Gasteiger partial charge in [-0.25, -0.2) is 0 Å². The number of benzene rings is 1. The molecular formula is C14H16ClNO4. The van der Waals surface area contributed by atoms with Crippen LogP contribution in [-0.2, 0) is 15.0 Å². The zero-order valence-corrected chi connectivity index (χ0v) is 12.1. The molecule has 5 nitrogen and oxygen atoms in total. The number of methoxy groups -OCH3 is 1. The molecule has 1 amide bonds. The number of aliphatic carboxylic acids is 1. The molecule has 1 aliphatic rings. The lowest BCUT2D eigenvalue weighted by Gasteiger charge is -2.40. The Morgan fingerprint density at radius 1 is 1.40 bits per heavy atom. The van der Waals surface area contributed by atoms with Gasteiger partial charge in [0.25, 0.3) is 0 Å². The minimum Gasteiger partial charge on any atom is -0.495 e. The topological polar surface area (TPSA) is 75.6 Å². The predicted molar refractivity (Wildman–Crippen MR) is 75.5 cm³/mol. The average molecular weight is 298 g/mol. The molecule has 0 aromatic heterocycles. The highest BCUT2D eigenvalue weighted by Gasteiger charge is 2.49. The molecule has 2 N–H and O–H groups in total. The second kappa shape index (κ2) is 5.32. The van der Waals surface area contributed by atoms with Crippen molar-refractivity contribution in [3.8, 4) is 5.75 Å². The summed E-state index contributed by atoms with van der Waals surface area (Å²) < 4.78 is 5.22. The Morgan fingerprint density at radius 3 is 2.45 bits per heavy atom. The first-order valence-corrected chi connectivity index (χ1v) is 6.68. The van der Waals surface area contributed by atoms with E-state index >= 15 is 0 Å². The summed E-state index contributed by atoms with van der Waals surface area (Å²) in [5, 5.41) is 12.6. The van der Waals surface area contributed by atoms with Crippen molar-refractivity contribution in [2.24, 2.45) is 0 Å². The molecular weight excluding hydrogens is 282 g/mol. The summed E-state index contributed by atoms with van der Waals surface area (Å²) in [6.07, 6.45) is 1.82. The highest BCUT2D eigenvalue weighted by atomic mass is 35.5. The van der Waals surface area contributed by atoms with Crippen LogP contribution in [0, 0.1) is 0 Å². The summed E-state index contributed by atoms with van der Waals surface area (Å²) in [4.78, 5) is 23.1. The smallest absolute Gasteiger partial charge is 0.314 e. The molecule has 0 spiro atoms. The number of halogens is 1. The maximum absolute atomic E-state index is 11.7. The molecule has 0 atom stereocenters. The Hall–Kier alpha value is -1.75. The van der Waals surface area contributed by atoms with Crippen LogP contribution in [0.25, 0.3) is 0 Å². The third kappa shape index (κ3) is 2.22. The zero-order chi connectivity index (χ0) is 14.9. The molecule has 1 aliphatic carbocycles. The number of carbonyl (C=O) groups excluding carboxylic acids is 1. The van der Waals surface area contributed by atoms with E-state index < -0.39 is 11.4 Å². The molecule has 6 heteroatoms. The summed E-state index contributed by atoms with van der Waals surface area (Å²) in [7, 11) is 1.46. The molecule has 1 aromatic rings. The summed E-state index contributed by atoms with van der Waals surface area (Å²) in [5.41, 5.74) is -0.245. The van der Waals surface area contributed by atoms with Crippen molar-refractivity contribution < 1.29 is 19.4 Å². The number of carbonyl (C=O) groups is 2. The third-order valence-corrected chi connectivity index (χ3v) is 4.05. The maximum Gasteiger partial charge on any atom is 0.314 e. The van der Waals surface area contributed by atoms with Crippen LogP contribution in [0.3, 0.4) is 0 Å². The highest BCUT2D eigenvalue weighted by molar-refractivity contribution is 6.32. The Bertz CT molecular complexity index is 567. The monoisotopic (exact) mass is 297 g/mol. The SMILES string of the molecule is COc1ccc(Cl)c(C2(C(=O)O)CCC2)c1NC(C)=O. The van der Waals surface area contributed by atoms with Crippen LogP contribution < -0.4 is 10.1 Å². The van der Waals surface area contributed by atoms with Crippen LogP contribution >= 0.6 is 11.6 Å². The molecule has 20 heavy (non-hydrogen) atoms. The van der Waals surface area contributed by atoms with Gasteiger partial charge in [0.1, 0.15) is 5.75 Å². The molecule has 0 unspecified atom stereocenters. The van der Waals surface area contributed by atoms with Crippen LogP contribution in [0.5, 0.6) is 5.75 Å². The fraction of sp³-hybridized carbons (Fsp3) is 0.429. The largest absolute Gasteiger partial charge is 0.495 e. The van der Waals surface area contributed by atoms with Crippen molar-refractivity contribution >= 4 is 29.2 Å². The second-order valence-corrected chi connectivity index (χ2v) is 5.33. The third-order valence-electron chi connectivity index (χ3n) is 3.73. The molecule has 0 saturated heterocycles. The van der Waals surface area contributed by atoms with Gasteiger partial charge in [0.2, 0.25) is 5.91 Å². The normalized spacial score (nSPS) is 16.1. The number of rotatable bonds is 4. The molecule has 1 fully saturated rings. The van der Waals surface area contributed by atoms with Crippen LogP contribution in [0.4, 0.5) is 5.69 Å². The number of ether oxygens (including phenoxy) is 1. The summed E-state index contributed by atoms with van der Waals surface area (Å²) >= 11 is 6.21. The van der Waals surface area contributed by atoms with Gasteiger partial charge in [0, 0.05) is 17.5 Å². The Balaban J connectivity index is 2.66. The van der Waals surface area contributed by atoms with Crippen LogP contribution in [0.15, 0.2) is 12.1 Å². The molecule has 0 radical (unpaired) electrons. The molecule has 1 saturated carbocycles. The van der Waals surface area contributed by atoms with E-state index in [2.05, 4.69) is 5.32 Å². The minimum atomic E-state index is -1.04. The van der Waals surface area contributed by atoms with E-state index in [4.69, 9.17) is 16.3 Å². The highest BCUT2D eigenvalue weighted by Crippen LogP contribution is 2.51. The van der Waals surface area contributed by atoms with E-state index in [0.717, 1.165) is 6.42 Å². The number of carboxylic acids is 1. The number of carboxylic acid groups (broad SMARTS) is 1. The summed E-state index contributed by atoms with van der Waals surface area (Å²) in [6.45, 7) is 1.36. The van der Waals surface area contributed by atoms with Gasteiger partial charge in [-0.3, -0.25) is 9.59 Å². The maximum atomic E-state index is 11.7. The van der Waals surface area contributed by atoms with Gasteiger partial charge < -0.3 is 15.2 Å². The van der Waals surface area contributed by atoms with Crippen molar-refractivity contribution in [3.63, 3.8) is 0 Å². The minimum absolute atomic E-state index is 0.299. The first-order valence-electron chi connectivity index (χ1n) is 6.30. The number of hydrogen-bond donors (Lipinski definition) is 2. The van der Waals surface area contributed by atoms with E-state index in [1.807, 2.05) is 0 Å². The van der Waals surface area contributed by atoms with E-state index in [9.17, 15) is 14.7 Å². The lowest BCUT2D eigenvalue weighted by atomic mass is 9.64. The van der Waals surface area contributed by atoms with Crippen molar-refractivity contribution in [1.29, 1.82) is 0 Å². The van der Waals surface area contributed by atoms with Gasteiger partial charge in [-0.2, -0.15) is 0 Å². The van der Waals surface area contributed by atoms with E-state index in [1.165, 1.54) is 14.0 Å². The number of nitrogens with one attached hydrogen (secondary N) is 1. The van der Waals surface area contributed by atoms with Gasteiger partial charge in [-0.1, -0.05) is 18.0 Å². The first kappa shape index (κ1) is 14.7. The van der Waals surface area contributed by atoms with Crippen LogP contribution in [0.2, 0.25) is 5.02 Å². The summed E-state index contributed by atoms with van der Waals surface area (Å²) in [5.74, 6) is -0.815. The molecule has 0 aliphatic heterocycles. The van der Waals surface area contributed by atoms with Crippen molar-refractivity contribution in [3.05, 3.63) is 22.7 Å². The van der Waals surface area contributed by atoms with E-state index in [0.29, 0.717) is 34.9 Å². The molecule has 108 valence electrons. The first-order chi connectivity index (χ1) is 9.42. The van der Waals surface area contributed by atoms with E-state index in [1.54, 1.807) is 12.1 Å². The van der Waals surface area contributed by atoms with Crippen LogP contribution in [-0.4, -0.2) is 24.1 Å². The molecule has 0 bridgehead atoms. The van der Waals surface area contributed by atoms with Gasteiger partial charge in [-0.15, -0.1) is 0 Å². The van der Waals surface area contributed by atoms with Gasteiger partial charge in [0.15, 0.2) is 0 Å². The Labute approximate surface area is 121 Å². The van der Waals surface area contributed by atoms with Crippen molar-refractivity contribution in [1.82, 2.24) is 0 Å². The standard InChI is InChI=1S/C14H16ClNO4/c1-8(17)16-12-10(20-2)5-4-9(15)11(12)14(13(18)19)6-3-7-14/h4-5H,3,6-7H2,1-2H3,(H,16,17)(H,18,19). The Kier molecular flexibility index (Phi) is 3.90.